The van der Waals surface area contributed by atoms with E-state index < -0.39 is 0 Å². The van der Waals surface area contributed by atoms with Crippen LogP contribution < -0.4 is 5.73 Å². The van der Waals surface area contributed by atoms with Crippen molar-refractivity contribution in [3.8, 4) is 10.4 Å². The van der Waals surface area contributed by atoms with Gasteiger partial charge in [0, 0.05) is 9.75 Å². The Bertz CT molecular complexity index is 543. The molecule has 84 valence electrons. The van der Waals surface area contributed by atoms with Crippen molar-refractivity contribution in [1.82, 2.24) is 0 Å². The fourth-order valence-corrected chi connectivity index (χ4v) is 3.13. The quantitative estimate of drug-likeness (QED) is 0.738. The molecule has 0 saturated carbocycles. The van der Waals surface area contributed by atoms with Crippen molar-refractivity contribution in [2.24, 2.45) is 0 Å². The van der Waals surface area contributed by atoms with Crippen LogP contribution in [-0.4, -0.2) is 0 Å². The van der Waals surface area contributed by atoms with Crippen LogP contribution in [0.2, 0.25) is 5.02 Å². The van der Waals surface area contributed by atoms with Crippen molar-refractivity contribution in [3.63, 3.8) is 0 Å². The van der Waals surface area contributed by atoms with Gasteiger partial charge in [0.25, 0.3) is 0 Å². The van der Waals surface area contributed by atoms with Gasteiger partial charge in [-0.3, -0.25) is 0 Å². The Morgan fingerprint density at radius 3 is 2.31 bits per heavy atom. The molecule has 0 spiro atoms. The molecule has 1 nitrogen and oxygen atoms in total. The molecular formula is C13H14ClNS. The van der Waals surface area contributed by atoms with Gasteiger partial charge >= 0.3 is 0 Å². The van der Waals surface area contributed by atoms with E-state index in [2.05, 4.69) is 26.8 Å². The second-order valence-corrected chi connectivity index (χ2v) is 5.72. The number of aryl methyl sites for hydroxylation is 3. The summed E-state index contributed by atoms with van der Waals surface area (Å²) in [6.07, 6.45) is 0. The highest BCUT2D eigenvalue weighted by molar-refractivity contribution is 7.15. The molecule has 0 aliphatic carbocycles. The average Bonchev–Trinajstić information content (AvgIpc) is 2.51. The molecule has 2 aromatic rings. The van der Waals surface area contributed by atoms with Crippen molar-refractivity contribution >= 4 is 28.6 Å². The van der Waals surface area contributed by atoms with Crippen LogP contribution in [0.15, 0.2) is 18.2 Å². The molecule has 0 atom stereocenters. The number of benzene rings is 1. The number of thiophene rings is 1. The normalized spacial score (nSPS) is 10.8. The molecule has 2 rings (SSSR count). The summed E-state index contributed by atoms with van der Waals surface area (Å²) in [6.45, 7) is 6.31. The topological polar surface area (TPSA) is 26.0 Å². The van der Waals surface area contributed by atoms with E-state index in [1.807, 2.05) is 12.1 Å². The smallest absolute Gasteiger partial charge is 0.0642 e. The number of rotatable bonds is 1. The first kappa shape index (κ1) is 11.5. The molecule has 2 N–H and O–H groups in total. The van der Waals surface area contributed by atoms with Gasteiger partial charge in [-0.1, -0.05) is 11.6 Å². The lowest BCUT2D eigenvalue weighted by molar-refractivity contribution is 1.44. The molecule has 0 radical (unpaired) electrons. The van der Waals surface area contributed by atoms with E-state index in [-0.39, 0.29) is 0 Å². The zero-order valence-corrected chi connectivity index (χ0v) is 11.2. The largest absolute Gasteiger partial charge is 0.398 e. The van der Waals surface area contributed by atoms with Gasteiger partial charge in [-0.25, -0.2) is 0 Å². The summed E-state index contributed by atoms with van der Waals surface area (Å²) in [5.41, 5.74) is 10.1. The zero-order valence-electron chi connectivity index (χ0n) is 9.60. The van der Waals surface area contributed by atoms with Gasteiger partial charge < -0.3 is 5.73 Å². The fourth-order valence-electron chi connectivity index (χ4n) is 1.86. The first-order chi connectivity index (χ1) is 7.49. The van der Waals surface area contributed by atoms with E-state index >= 15 is 0 Å². The highest BCUT2D eigenvalue weighted by atomic mass is 35.5. The summed E-state index contributed by atoms with van der Waals surface area (Å²) >= 11 is 7.87. The second-order valence-electron chi connectivity index (χ2n) is 4.06. The van der Waals surface area contributed by atoms with Gasteiger partial charge in [0.05, 0.1) is 10.7 Å². The third kappa shape index (κ3) is 1.95. The lowest BCUT2D eigenvalue weighted by Crippen LogP contribution is -1.90. The summed E-state index contributed by atoms with van der Waals surface area (Å²) in [4.78, 5) is 2.61. The summed E-state index contributed by atoms with van der Waals surface area (Å²) in [6, 6.07) is 6.10. The predicted octanol–water partition coefficient (Wildman–Crippen LogP) is 4.58. The van der Waals surface area contributed by atoms with Crippen LogP contribution in [0, 0.1) is 20.8 Å². The van der Waals surface area contributed by atoms with Crippen molar-refractivity contribution < 1.29 is 0 Å². The highest BCUT2D eigenvalue weighted by Crippen LogP contribution is 2.37. The maximum atomic E-state index is 6.07. The van der Waals surface area contributed by atoms with E-state index in [0.29, 0.717) is 10.7 Å². The van der Waals surface area contributed by atoms with E-state index in [9.17, 15) is 0 Å². The van der Waals surface area contributed by atoms with Crippen LogP contribution in [0.5, 0.6) is 0 Å². The van der Waals surface area contributed by atoms with E-state index in [1.165, 1.54) is 26.4 Å². The number of hydrogen-bond acceptors (Lipinski definition) is 2. The van der Waals surface area contributed by atoms with Gasteiger partial charge in [0.15, 0.2) is 0 Å². The van der Waals surface area contributed by atoms with E-state index in [1.54, 1.807) is 11.3 Å². The molecule has 16 heavy (non-hydrogen) atoms. The van der Waals surface area contributed by atoms with Crippen LogP contribution in [0.25, 0.3) is 10.4 Å². The minimum atomic E-state index is 0.631. The lowest BCUT2D eigenvalue weighted by atomic mass is 10.0. The standard InChI is InChI=1S/C13H14ClNS/c1-7-5-12(15)11(14)6-10(7)13-8(2)4-9(3)16-13/h4-6H,15H2,1-3H3. The zero-order chi connectivity index (χ0) is 11.9. The number of halogens is 1. The number of anilines is 1. The molecule has 1 aromatic heterocycles. The van der Waals surface area contributed by atoms with Crippen LogP contribution in [0.4, 0.5) is 5.69 Å². The Morgan fingerprint density at radius 1 is 1.06 bits per heavy atom. The molecule has 0 bridgehead atoms. The molecule has 0 amide bonds. The Balaban J connectivity index is 2.64. The fraction of sp³-hybridized carbons (Fsp3) is 0.231. The Morgan fingerprint density at radius 2 is 1.75 bits per heavy atom. The Hall–Kier alpha value is -0.990. The van der Waals surface area contributed by atoms with Gasteiger partial charge in [0.1, 0.15) is 0 Å². The molecule has 1 aromatic carbocycles. The Kier molecular flexibility index (Phi) is 2.96. The van der Waals surface area contributed by atoms with Crippen molar-refractivity contribution in [3.05, 3.63) is 39.2 Å². The summed E-state index contributed by atoms with van der Waals surface area (Å²) in [5.74, 6) is 0. The number of hydrogen-bond donors (Lipinski definition) is 1. The summed E-state index contributed by atoms with van der Waals surface area (Å²) < 4.78 is 0. The summed E-state index contributed by atoms with van der Waals surface area (Å²) in [7, 11) is 0. The minimum Gasteiger partial charge on any atom is -0.398 e. The van der Waals surface area contributed by atoms with Gasteiger partial charge in [-0.2, -0.15) is 0 Å². The lowest BCUT2D eigenvalue weighted by Gasteiger charge is -2.08. The van der Waals surface area contributed by atoms with Crippen molar-refractivity contribution in [1.29, 1.82) is 0 Å². The SMILES string of the molecule is Cc1cc(C)c(-c2cc(Cl)c(N)cc2C)s1. The number of nitrogens with two attached hydrogens (primary N) is 1. The third-order valence-corrected chi connectivity index (χ3v) is 4.14. The minimum absolute atomic E-state index is 0.631. The summed E-state index contributed by atoms with van der Waals surface area (Å²) in [5, 5.41) is 0.631. The van der Waals surface area contributed by atoms with Gasteiger partial charge in [0.2, 0.25) is 0 Å². The predicted molar refractivity (Wildman–Crippen MR) is 73.4 cm³/mol. The maximum absolute atomic E-state index is 6.07. The molecule has 0 aliphatic heterocycles. The van der Waals surface area contributed by atoms with Crippen LogP contribution in [0.1, 0.15) is 16.0 Å². The first-order valence-electron chi connectivity index (χ1n) is 5.12. The monoisotopic (exact) mass is 251 g/mol. The van der Waals surface area contributed by atoms with Gasteiger partial charge in [-0.05, 0) is 55.7 Å². The second kappa shape index (κ2) is 4.11. The van der Waals surface area contributed by atoms with Crippen LogP contribution in [0.3, 0.4) is 0 Å². The molecular weight excluding hydrogens is 238 g/mol. The molecule has 0 aliphatic rings. The van der Waals surface area contributed by atoms with Crippen LogP contribution >= 0.6 is 22.9 Å². The van der Waals surface area contributed by atoms with Gasteiger partial charge in [-0.15, -0.1) is 11.3 Å². The van der Waals surface area contributed by atoms with Crippen molar-refractivity contribution in [2.75, 3.05) is 5.73 Å². The highest BCUT2D eigenvalue weighted by Gasteiger charge is 2.10. The maximum Gasteiger partial charge on any atom is 0.0642 e. The average molecular weight is 252 g/mol. The molecule has 0 unspecified atom stereocenters. The van der Waals surface area contributed by atoms with Crippen molar-refractivity contribution in [2.45, 2.75) is 20.8 Å². The van der Waals surface area contributed by atoms with Crippen LogP contribution in [-0.2, 0) is 0 Å². The number of nitrogen functional groups attached to an aromatic ring is 1. The Labute approximate surface area is 105 Å². The third-order valence-electron chi connectivity index (χ3n) is 2.63. The van der Waals surface area contributed by atoms with E-state index in [4.69, 9.17) is 17.3 Å². The first-order valence-corrected chi connectivity index (χ1v) is 6.31. The van der Waals surface area contributed by atoms with E-state index in [0.717, 1.165) is 0 Å². The molecule has 1 heterocycles. The molecule has 0 saturated heterocycles. The molecule has 0 fully saturated rings. The molecule has 3 heteroatoms.